The fourth-order valence-electron chi connectivity index (χ4n) is 2.70. The van der Waals surface area contributed by atoms with E-state index in [0.717, 1.165) is 22.6 Å². The molecule has 1 aliphatic carbocycles. The van der Waals surface area contributed by atoms with Gasteiger partial charge in [0.25, 0.3) is 0 Å². The summed E-state index contributed by atoms with van der Waals surface area (Å²) in [4.78, 5) is 21.6. The van der Waals surface area contributed by atoms with Crippen molar-refractivity contribution in [3.63, 3.8) is 0 Å². The van der Waals surface area contributed by atoms with Crippen molar-refractivity contribution in [3.05, 3.63) is 70.0 Å². The normalized spacial score (nSPS) is 21.3. The lowest BCUT2D eigenvalue weighted by atomic mass is 9.80. The van der Waals surface area contributed by atoms with Gasteiger partial charge in [-0.1, -0.05) is 62.7 Å². The molecule has 0 bridgehead atoms. The number of aliphatic imine (C=N–C) groups is 2. The number of rotatable bonds is 1. The fraction of sp³-hybridized carbons (Fsp3) is 0.250. The predicted molar refractivity (Wildman–Crippen MR) is 99.6 cm³/mol. The van der Waals surface area contributed by atoms with Gasteiger partial charge in [0.05, 0.1) is 16.5 Å². The Bertz CT molecular complexity index is 863. The van der Waals surface area contributed by atoms with Crippen LogP contribution in [0.15, 0.2) is 74.5 Å². The third-order valence-electron chi connectivity index (χ3n) is 3.99. The van der Waals surface area contributed by atoms with Crippen LogP contribution in [0.25, 0.3) is 0 Å². The van der Waals surface area contributed by atoms with Crippen LogP contribution in [0.2, 0.25) is 0 Å². The molecule has 3 rings (SSSR count). The number of benzene rings is 1. The number of Topliss-reactive ketones (excluding diaryl/α,β-unsaturated/α-hetero) is 1. The van der Waals surface area contributed by atoms with E-state index >= 15 is 0 Å². The summed E-state index contributed by atoms with van der Waals surface area (Å²) in [5, 5.41) is 0.209. The van der Waals surface area contributed by atoms with Crippen molar-refractivity contribution < 1.29 is 4.79 Å². The molecule has 1 heterocycles. The average Bonchev–Trinajstić information content (AvgIpc) is 2.91. The largest absolute Gasteiger partial charge is 0.288 e. The van der Waals surface area contributed by atoms with Gasteiger partial charge in [-0.3, -0.25) is 4.79 Å². The number of allylic oxidation sites excluding steroid dienone is 5. The monoisotopic (exact) mass is 338 g/mol. The molecule has 0 aromatic heterocycles. The Morgan fingerprint density at radius 3 is 2.29 bits per heavy atom. The maximum Gasteiger partial charge on any atom is 0.200 e. The van der Waals surface area contributed by atoms with Crippen molar-refractivity contribution in [1.29, 1.82) is 0 Å². The van der Waals surface area contributed by atoms with E-state index in [2.05, 4.69) is 9.98 Å². The van der Waals surface area contributed by atoms with Gasteiger partial charge >= 0.3 is 0 Å². The molecular formula is C20H19ClN2O. The lowest BCUT2D eigenvalue weighted by Gasteiger charge is -2.24. The highest BCUT2D eigenvalue weighted by molar-refractivity contribution is 6.49. The Balaban J connectivity index is 2.12. The third-order valence-corrected chi connectivity index (χ3v) is 4.27. The standard InChI is InChI=1S/C20H19ClN2O/c1-12-17(13-8-6-5-7-9-13)23-19(22-12)14-10-15(20(2,3)4)18(24)16(21)11-14/h5-11H,1-4H3/b19-14+. The van der Waals surface area contributed by atoms with Crippen molar-refractivity contribution in [1.82, 2.24) is 0 Å². The zero-order valence-electron chi connectivity index (χ0n) is 14.2. The molecular weight excluding hydrogens is 320 g/mol. The first-order chi connectivity index (χ1) is 11.3. The molecule has 3 nitrogen and oxygen atoms in total. The van der Waals surface area contributed by atoms with Crippen LogP contribution in [0.5, 0.6) is 0 Å². The van der Waals surface area contributed by atoms with E-state index in [-0.39, 0.29) is 16.2 Å². The van der Waals surface area contributed by atoms with E-state index in [0.29, 0.717) is 11.4 Å². The van der Waals surface area contributed by atoms with E-state index in [1.807, 2.05) is 64.1 Å². The Kier molecular flexibility index (Phi) is 4.14. The number of halogens is 1. The lowest BCUT2D eigenvalue weighted by Crippen LogP contribution is -2.20. The van der Waals surface area contributed by atoms with Gasteiger partial charge in [-0.25, -0.2) is 9.98 Å². The minimum Gasteiger partial charge on any atom is -0.288 e. The molecule has 0 amide bonds. The van der Waals surface area contributed by atoms with Crippen LogP contribution >= 0.6 is 11.6 Å². The quantitative estimate of drug-likeness (QED) is 0.722. The van der Waals surface area contributed by atoms with Crippen molar-refractivity contribution in [2.24, 2.45) is 15.4 Å². The van der Waals surface area contributed by atoms with E-state index in [4.69, 9.17) is 11.6 Å². The molecule has 0 N–H and O–H groups in total. The van der Waals surface area contributed by atoms with Crippen LogP contribution < -0.4 is 0 Å². The molecule has 1 aromatic carbocycles. The highest BCUT2D eigenvalue weighted by Crippen LogP contribution is 2.35. The Morgan fingerprint density at radius 2 is 1.67 bits per heavy atom. The first-order valence-electron chi connectivity index (χ1n) is 7.85. The van der Waals surface area contributed by atoms with Crippen LogP contribution in [0.1, 0.15) is 33.3 Å². The molecule has 24 heavy (non-hydrogen) atoms. The number of nitrogens with zero attached hydrogens (tertiary/aromatic N) is 2. The van der Waals surface area contributed by atoms with Crippen molar-refractivity contribution in [3.8, 4) is 0 Å². The maximum atomic E-state index is 12.3. The van der Waals surface area contributed by atoms with Crippen molar-refractivity contribution in [2.45, 2.75) is 27.7 Å². The zero-order chi connectivity index (χ0) is 17.5. The highest BCUT2D eigenvalue weighted by atomic mass is 35.5. The van der Waals surface area contributed by atoms with Gasteiger partial charge in [-0.2, -0.15) is 0 Å². The Morgan fingerprint density at radius 1 is 1.00 bits per heavy atom. The average molecular weight is 339 g/mol. The SMILES string of the molecule is CC1=N/C(=C2\C=C(Cl)C(=O)C(C(C)(C)C)=C2)N=C1c1ccccc1. The molecule has 122 valence electrons. The molecule has 0 unspecified atom stereocenters. The van der Waals surface area contributed by atoms with Crippen LogP contribution in [-0.2, 0) is 4.79 Å². The molecule has 0 fully saturated rings. The molecule has 0 saturated heterocycles. The summed E-state index contributed by atoms with van der Waals surface area (Å²) in [5.41, 5.74) is 3.89. The third kappa shape index (κ3) is 3.04. The topological polar surface area (TPSA) is 41.8 Å². The second-order valence-electron chi connectivity index (χ2n) is 6.93. The molecule has 4 heteroatoms. The molecule has 1 aliphatic heterocycles. The number of hydrogen-bond donors (Lipinski definition) is 0. The van der Waals surface area contributed by atoms with E-state index in [1.54, 1.807) is 6.08 Å². The number of hydrogen-bond acceptors (Lipinski definition) is 3. The zero-order valence-corrected chi connectivity index (χ0v) is 15.0. The maximum absolute atomic E-state index is 12.3. The van der Waals surface area contributed by atoms with E-state index in [9.17, 15) is 4.79 Å². The summed E-state index contributed by atoms with van der Waals surface area (Å²) in [6, 6.07) is 9.94. The Labute approximate surface area is 147 Å². The summed E-state index contributed by atoms with van der Waals surface area (Å²) >= 11 is 6.17. The van der Waals surface area contributed by atoms with Gasteiger partial charge in [0.1, 0.15) is 0 Å². The molecule has 0 atom stereocenters. The second-order valence-corrected chi connectivity index (χ2v) is 7.34. The Hall–Kier alpha value is -2.26. The smallest absolute Gasteiger partial charge is 0.200 e. The van der Waals surface area contributed by atoms with Gasteiger partial charge in [0, 0.05) is 16.7 Å². The second kappa shape index (κ2) is 5.99. The highest BCUT2D eigenvalue weighted by Gasteiger charge is 2.29. The van der Waals surface area contributed by atoms with Crippen LogP contribution in [-0.4, -0.2) is 17.2 Å². The summed E-state index contributed by atoms with van der Waals surface area (Å²) in [7, 11) is 0. The number of carbonyl (C=O) groups excluding carboxylic acids is 1. The van der Waals surface area contributed by atoms with Crippen LogP contribution in [0, 0.1) is 5.41 Å². The van der Waals surface area contributed by atoms with Crippen LogP contribution in [0.3, 0.4) is 0 Å². The van der Waals surface area contributed by atoms with Gasteiger partial charge in [-0.05, 0) is 24.5 Å². The summed E-state index contributed by atoms with van der Waals surface area (Å²) < 4.78 is 0. The molecule has 0 spiro atoms. The molecule has 0 radical (unpaired) electrons. The van der Waals surface area contributed by atoms with Crippen molar-refractivity contribution in [2.75, 3.05) is 0 Å². The lowest BCUT2D eigenvalue weighted by molar-refractivity contribution is -0.112. The summed E-state index contributed by atoms with van der Waals surface area (Å²) in [5.74, 6) is 0.471. The number of carbonyl (C=O) groups is 1. The van der Waals surface area contributed by atoms with E-state index in [1.165, 1.54) is 0 Å². The summed E-state index contributed by atoms with van der Waals surface area (Å²) in [6.45, 7) is 7.93. The van der Waals surface area contributed by atoms with Crippen LogP contribution in [0.4, 0.5) is 0 Å². The van der Waals surface area contributed by atoms with Gasteiger partial charge < -0.3 is 0 Å². The minimum absolute atomic E-state index is 0.125. The van der Waals surface area contributed by atoms with Gasteiger partial charge in [0.15, 0.2) is 5.82 Å². The predicted octanol–water partition coefficient (Wildman–Crippen LogP) is 4.84. The molecule has 0 saturated carbocycles. The fourth-order valence-corrected chi connectivity index (χ4v) is 2.92. The molecule has 1 aromatic rings. The number of ketones is 1. The molecule has 2 aliphatic rings. The van der Waals surface area contributed by atoms with Gasteiger partial charge in [-0.15, -0.1) is 0 Å². The van der Waals surface area contributed by atoms with E-state index < -0.39 is 0 Å². The first kappa shape index (κ1) is 16.6. The van der Waals surface area contributed by atoms with Crippen molar-refractivity contribution >= 4 is 28.8 Å². The summed E-state index contributed by atoms with van der Waals surface area (Å²) in [6.07, 6.45) is 3.51. The first-order valence-corrected chi connectivity index (χ1v) is 8.23. The minimum atomic E-state index is -0.291. The van der Waals surface area contributed by atoms with Gasteiger partial charge in [0.2, 0.25) is 5.78 Å².